The van der Waals surface area contributed by atoms with E-state index < -0.39 is 0 Å². The van der Waals surface area contributed by atoms with Crippen LogP contribution < -0.4 is 5.32 Å². The number of halogens is 2. The molecule has 1 saturated heterocycles. The highest BCUT2D eigenvalue weighted by atomic mass is 35.5. The van der Waals surface area contributed by atoms with Gasteiger partial charge in [0.25, 0.3) is 0 Å². The number of carbonyl (C=O) groups is 1. The van der Waals surface area contributed by atoms with Crippen molar-refractivity contribution in [2.24, 2.45) is 5.92 Å². The molecule has 0 atom stereocenters. The van der Waals surface area contributed by atoms with Crippen LogP contribution in [-0.2, 0) is 4.79 Å². The Morgan fingerprint density at radius 1 is 1.29 bits per heavy atom. The molecule has 6 heteroatoms. The Balaban J connectivity index is 0.00000128. The smallest absolute Gasteiger partial charge is 0.236 e. The van der Waals surface area contributed by atoms with Gasteiger partial charge < -0.3 is 10.2 Å². The molecule has 0 bridgehead atoms. The quantitative estimate of drug-likeness (QED) is 0.821. The van der Waals surface area contributed by atoms with Gasteiger partial charge in [0.2, 0.25) is 5.91 Å². The summed E-state index contributed by atoms with van der Waals surface area (Å²) in [7, 11) is 1.93. The first-order chi connectivity index (χ1) is 7.25. The average molecular weight is 284 g/mol. The summed E-state index contributed by atoms with van der Waals surface area (Å²) in [6.07, 6.45) is 2.62. The Kier molecular flexibility index (Phi) is 8.12. The predicted octanol–water partition coefficient (Wildman–Crippen LogP) is 0.604. The summed E-state index contributed by atoms with van der Waals surface area (Å²) < 4.78 is 0. The van der Waals surface area contributed by atoms with Crippen molar-refractivity contribution >= 4 is 30.7 Å². The maximum absolute atomic E-state index is 11.8. The molecule has 1 amide bonds. The van der Waals surface area contributed by atoms with Crippen LogP contribution in [0.25, 0.3) is 0 Å². The SMILES string of the molecule is CN(CC1CC1)C(=O)CN1CCNCC1.Cl.Cl. The molecule has 1 saturated carbocycles. The molecular weight excluding hydrogens is 261 g/mol. The van der Waals surface area contributed by atoms with Crippen molar-refractivity contribution in [1.29, 1.82) is 0 Å². The predicted molar refractivity (Wildman–Crippen MR) is 74.2 cm³/mol. The molecule has 17 heavy (non-hydrogen) atoms. The molecule has 2 fully saturated rings. The number of rotatable bonds is 4. The Bertz CT molecular complexity index is 231. The summed E-state index contributed by atoms with van der Waals surface area (Å²) in [5.41, 5.74) is 0. The van der Waals surface area contributed by atoms with Gasteiger partial charge in [-0.2, -0.15) is 0 Å². The van der Waals surface area contributed by atoms with Crippen LogP contribution in [0.1, 0.15) is 12.8 Å². The molecule has 0 spiro atoms. The Labute approximate surface area is 116 Å². The molecule has 0 unspecified atom stereocenters. The van der Waals surface area contributed by atoms with Crippen LogP contribution in [0.2, 0.25) is 0 Å². The summed E-state index contributed by atoms with van der Waals surface area (Å²) in [4.78, 5) is 16.0. The first-order valence-corrected chi connectivity index (χ1v) is 5.93. The monoisotopic (exact) mass is 283 g/mol. The zero-order valence-electron chi connectivity index (χ0n) is 10.4. The van der Waals surface area contributed by atoms with Crippen molar-refractivity contribution < 1.29 is 4.79 Å². The third-order valence-corrected chi connectivity index (χ3v) is 3.22. The summed E-state index contributed by atoms with van der Waals surface area (Å²) in [6, 6.07) is 0. The van der Waals surface area contributed by atoms with E-state index in [1.165, 1.54) is 12.8 Å². The van der Waals surface area contributed by atoms with Crippen LogP contribution in [0, 0.1) is 5.92 Å². The summed E-state index contributed by atoms with van der Waals surface area (Å²) >= 11 is 0. The lowest BCUT2D eigenvalue weighted by Gasteiger charge is -2.28. The zero-order valence-corrected chi connectivity index (χ0v) is 12.0. The fourth-order valence-corrected chi connectivity index (χ4v) is 1.97. The first kappa shape index (κ1) is 17.0. The second-order valence-electron chi connectivity index (χ2n) is 4.74. The summed E-state index contributed by atoms with van der Waals surface area (Å²) in [5, 5.41) is 3.29. The molecule has 0 aromatic carbocycles. The van der Waals surface area contributed by atoms with Gasteiger partial charge in [-0.3, -0.25) is 9.69 Å². The van der Waals surface area contributed by atoms with Crippen molar-refractivity contribution in [3.8, 4) is 0 Å². The van der Waals surface area contributed by atoms with Gasteiger partial charge in [-0.25, -0.2) is 0 Å². The van der Waals surface area contributed by atoms with Gasteiger partial charge in [0.15, 0.2) is 0 Å². The van der Waals surface area contributed by atoms with Gasteiger partial charge in [0.1, 0.15) is 0 Å². The second-order valence-corrected chi connectivity index (χ2v) is 4.74. The number of likely N-dealkylation sites (N-methyl/N-ethyl adjacent to an activating group) is 1. The highest BCUT2D eigenvalue weighted by Gasteiger charge is 2.25. The molecule has 1 aliphatic carbocycles. The first-order valence-electron chi connectivity index (χ1n) is 5.93. The highest BCUT2D eigenvalue weighted by molar-refractivity contribution is 5.85. The fourth-order valence-electron chi connectivity index (χ4n) is 1.97. The Morgan fingerprint density at radius 3 is 2.41 bits per heavy atom. The number of amides is 1. The van der Waals surface area contributed by atoms with Crippen LogP contribution in [0.5, 0.6) is 0 Å². The van der Waals surface area contributed by atoms with E-state index in [1.807, 2.05) is 11.9 Å². The molecule has 1 aliphatic heterocycles. The van der Waals surface area contributed by atoms with Gasteiger partial charge in [-0.05, 0) is 18.8 Å². The van der Waals surface area contributed by atoms with Crippen LogP contribution in [0.3, 0.4) is 0 Å². The maximum Gasteiger partial charge on any atom is 0.236 e. The zero-order chi connectivity index (χ0) is 10.7. The van der Waals surface area contributed by atoms with Gasteiger partial charge in [0, 0.05) is 39.8 Å². The number of hydrogen-bond donors (Lipinski definition) is 1. The third-order valence-electron chi connectivity index (χ3n) is 3.22. The van der Waals surface area contributed by atoms with E-state index in [4.69, 9.17) is 0 Å². The average Bonchev–Trinajstić information content (AvgIpc) is 3.03. The van der Waals surface area contributed by atoms with E-state index in [-0.39, 0.29) is 30.7 Å². The number of carbonyl (C=O) groups excluding carboxylic acids is 1. The number of nitrogens with zero attached hydrogens (tertiary/aromatic N) is 2. The number of nitrogens with one attached hydrogen (secondary N) is 1. The highest BCUT2D eigenvalue weighted by Crippen LogP contribution is 2.29. The topological polar surface area (TPSA) is 35.6 Å². The lowest BCUT2D eigenvalue weighted by Crippen LogP contribution is -2.48. The normalized spacial score (nSPS) is 20.1. The maximum atomic E-state index is 11.8. The fraction of sp³-hybridized carbons (Fsp3) is 0.909. The van der Waals surface area contributed by atoms with E-state index in [0.717, 1.165) is 38.6 Å². The van der Waals surface area contributed by atoms with E-state index in [0.29, 0.717) is 6.54 Å². The van der Waals surface area contributed by atoms with E-state index >= 15 is 0 Å². The molecule has 1 heterocycles. The van der Waals surface area contributed by atoms with Crippen LogP contribution in [-0.4, -0.2) is 62.0 Å². The minimum atomic E-state index is 0. The van der Waals surface area contributed by atoms with Crippen LogP contribution >= 0.6 is 24.8 Å². The second kappa shape index (κ2) is 8.14. The van der Waals surface area contributed by atoms with Crippen LogP contribution in [0.15, 0.2) is 0 Å². The summed E-state index contributed by atoms with van der Waals surface area (Å²) in [6.45, 7) is 5.60. The minimum absolute atomic E-state index is 0. The van der Waals surface area contributed by atoms with Crippen molar-refractivity contribution in [3.05, 3.63) is 0 Å². The van der Waals surface area contributed by atoms with Gasteiger partial charge >= 0.3 is 0 Å². The molecule has 102 valence electrons. The molecule has 4 nitrogen and oxygen atoms in total. The molecule has 1 N–H and O–H groups in total. The van der Waals surface area contributed by atoms with Crippen molar-refractivity contribution in [3.63, 3.8) is 0 Å². The van der Waals surface area contributed by atoms with E-state index in [2.05, 4.69) is 10.2 Å². The number of hydrogen-bond acceptors (Lipinski definition) is 3. The van der Waals surface area contributed by atoms with Crippen molar-refractivity contribution in [2.45, 2.75) is 12.8 Å². The lowest BCUT2D eigenvalue weighted by atomic mass is 10.3. The molecule has 2 rings (SSSR count). The lowest BCUT2D eigenvalue weighted by molar-refractivity contribution is -0.131. The Morgan fingerprint density at radius 2 is 1.88 bits per heavy atom. The molecule has 0 radical (unpaired) electrons. The largest absolute Gasteiger partial charge is 0.344 e. The van der Waals surface area contributed by atoms with Gasteiger partial charge in [-0.15, -0.1) is 24.8 Å². The van der Waals surface area contributed by atoms with Gasteiger partial charge in [0.05, 0.1) is 6.54 Å². The number of piperazine rings is 1. The third kappa shape index (κ3) is 5.91. The van der Waals surface area contributed by atoms with E-state index in [1.54, 1.807) is 0 Å². The standard InChI is InChI=1S/C11H21N3O.2ClH/c1-13(8-10-2-3-10)11(15)9-14-6-4-12-5-7-14;;/h10,12H,2-9H2,1H3;2*1H. The van der Waals surface area contributed by atoms with Crippen LogP contribution in [0.4, 0.5) is 0 Å². The molecule has 2 aliphatic rings. The molecule has 0 aromatic rings. The minimum Gasteiger partial charge on any atom is -0.344 e. The van der Waals surface area contributed by atoms with Crippen molar-refractivity contribution in [1.82, 2.24) is 15.1 Å². The van der Waals surface area contributed by atoms with E-state index in [9.17, 15) is 4.79 Å². The molecule has 0 aromatic heterocycles. The Hall–Kier alpha value is -0.0300. The summed E-state index contributed by atoms with van der Waals surface area (Å²) in [5.74, 6) is 1.07. The van der Waals surface area contributed by atoms with Gasteiger partial charge in [-0.1, -0.05) is 0 Å². The molecular formula is C11H23Cl2N3O. The van der Waals surface area contributed by atoms with Crippen molar-refractivity contribution in [2.75, 3.05) is 46.3 Å².